The lowest BCUT2D eigenvalue weighted by Crippen LogP contribution is -2.42. The fourth-order valence-electron chi connectivity index (χ4n) is 2.63. The smallest absolute Gasteiger partial charge is 0.307 e. The zero-order chi connectivity index (χ0) is 15.1. The van der Waals surface area contributed by atoms with Crippen molar-refractivity contribution in [2.75, 3.05) is 0 Å². The molecule has 0 aromatic rings. The van der Waals surface area contributed by atoms with E-state index in [1.165, 1.54) is 0 Å². The number of nitrogens with one attached hydrogen (secondary N) is 1. The molecule has 0 spiro atoms. The van der Waals surface area contributed by atoms with E-state index >= 15 is 0 Å². The number of hydrogen-bond acceptors (Lipinski definition) is 2. The van der Waals surface area contributed by atoms with Crippen molar-refractivity contribution in [3.05, 3.63) is 12.2 Å². The zero-order valence-corrected chi connectivity index (χ0v) is 12.8. The Hall–Kier alpha value is -1.32. The first-order chi connectivity index (χ1) is 9.41. The minimum absolute atomic E-state index is 0.112. The summed E-state index contributed by atoms with van der Waals surface area (Å²) in [6.07, 6.45) is 7.94. The van der Waals surface area contributed by atoms with E-state index in [9.17, 15) is 14.7 Å². The molecule has 0 aromatic heterocycles. The third kappa shape index (κ3) is 5.35. The third-order valence-corrected chi connectivity index (χ3v) is 3.89. The summed E-state index contributed by atoms with van der Waals surface area (Å²) in [5, 5.41) is 12.2. The van der Waals surface area contributed by atoms with Crippen LogP contribution >= 0.6 is 0 Å². The van der Waals surface area contributed by atoms with Gasteiger partial charge >= 0.3 is 5.97 Å². The van der Waals surface area contributed by atoms with Crippen molar-refractivity contribution < 1.29 is 14.7 Å². The van der Waals surface area contributed by atoms with Crippen LogP contribution in [0.4, 0.5) is 0 Å². The highest BCUT2D eigenvalue weighted by Crippen LogP contribution is 2.26. The van der Waals surface area contributed by atoms with E-state index in [0.717, 1.165) is 19.3 Å². The monoisotopic (exact) mass is 281 g/mol. The average Bonchev–Trinajstić information content (AvgIpc) is 2.38. The van der Waals surface area contributed by atoms with Gasteiger partial charge < -0.3 is 10.4 Å². The molecule has 0 aromatic carbocycles. The summed E-state index contributed by atoms with van der Waals surface area (Å²) < 4.78 is 0. The number of carbonyl (C=O) groups excluding carboxylic acids is 1. The minimum Gasteiger partial charge on any atom is -0.481 e. The van der Waals surface area contributed by atoms with E-state index in [0.29, 0.717) is 18.8 Å². The van der Waals surface area contributed by atoms with Gasteiger partial charge in [0.05, 0.1) is 11.8 Å². The Bertz CT molecular complexity index is 363. The molecule has 1 amide bonds. The molecular weight excluding hydrogens is 254 g/mol. The topological polar surface area (TPSA) is 66.4 Å². The second-order valence-electron chi connectivity index (χ2n) is 6.23. The maximum atomic E-state index is 12.2. The zero-order valence-electron chi connectivity index (χ0n) is 12.8. The van der Waals surface area contributed by atoms with E-state index in [1.54, 1.807) is 0 Å². The van der Waals surface area contributed by atoms with Gasteiger partial charge in [-0.1, -0.05) is 38.8 Å². The van der Waals surface area contributed by atoms with Gasteiger partial charge in [-0.3, -0.25) is 9.59 Å². The molecule has 0 saturated carbocycles. The van der Waals surface area contributed by atoms with Gasteiger partial charge in [-0.25, -0.2) is 0 Å². The van der Waals surface area contributed by atoms with E-state index < -0.39 is 17.8 Å². The molecule has 2 N–H and O–H groups in total. The van der Waals surface area contributed by atoms with E-state index in [4.69, 9.17) is 0 Å². The summed E-state index contributed by atoms with van der Waals surface area (Å²) in [5.74, 6) is -1.31. The predicted octanol–water partition coefficient (Wildman–Crippen LogP) is 2.98. The molecule has 20 heavy (non-hydrogen) atoms. The minimum atomic E-state index is -0.873. The number of amides is 1. The largest absolute Gasteiger partial charge is 0.481 e. The Morgan fingerprint density at radius 2 is 1.75 bits per heavy atom. The Morgan fingerprint density at radius 3 is 2.30 bits per heavy atom. The van der Waals surface area contributed by atoms with Crippen molar-refractivity contribution in [3.8, 4) is 0 Å². The third-order valence-electron chi connectivity index (χ3n) is 3.89. The van der Waals surface area contributed by atoms with Gasteiger partial charge in [0, 0.05) is 6.04 Å². The number of rotatable bonds is 7. The summed E-state index contributed by atoms with van der Waals surface area (Å²) in [7, 11) is 0. The van der Waals surface area contributed by atoms with Crippen molar-refractivity contribution in [2.24, 2.45) is 17.8 Å². The Kier molecular flexibility index (Phi) is 6.76. The van der Waals surface area contributed by atoms with Crippen LogP contribution in [-0.2, 0) is 9.59 Å². The van der Waals surface area contributed by atoms with Crippen molar-refractivity contribution in [1.82, 2.24) is 5.32 Å². The number of carboxylic acids is 1. The van der Waals surface area contributed by atoms with Crippen LogP contribution in [0, 0.1) is 17.8 Å². The maximum Gasteiger partial charge on any atom is 0.307 e. The van der Waals surface area contributed by atoms with Crippen LogP contribution < -0.4 is 5.32 Å². The molecule has 1 unspecified atom stereocenters. The van der Waals surface area contributed by atoms with Gasteiger partial charge in [-0.2, -0.15) is 0 Å². The van der Waals surface area contributed by atoms with Crippen LogP contribution in [-0.4, -0.2) is 23.0 Å². The molecule has 4 heteroatoms. The molecule has 1 aliphatic carbocycles. The summed E-state index contributed by atoms with van der Waals surface area (Å²) in [4.78, 5) is 23.4. The molecule has 4 nitrogen and oxygen atoms in total. The lowest BCUT2D eigenvalue weighted by atomic mass is 9.82. The number of aliphatic carboxylic acids is 1. The number of carboxylic acid groups (broad SMARTS) is 1. The molecule has 0 saturated heterocycles. The number of allylic oxidation sites excluding steroid dienone is 2. The van der Waals surface area contributed by atoms with E-state index in [-0.39, 0.29) is 11.9 Å². The first kappa shape index (κ1) is 16.7. The Labute approximate surface area is 121 Å². The van der Waals surface area contributed by atoms with E-state index in [1.807, 2.05) is 19.1 Å². The Balaban J connectivity index is 2.44. The second-order valence-corrected chi connectivity index (χ2v) is 6.23. The standard InChI is InChI=1S/C16H27NO3/c1-11(2)7-6-8-12(3)17-15(18)13-9-4-5-10-14(13)16(19)20/h4-5,11-14H,6-10H2,1-3H3,(H,17,18)(H,19,20)/t12?,13-,14+/m1/s1. The van der Waals surface area contributed by atoms with Gasteiger partial charge in [0.2, 0.25) is 5.91 Å². The van der Waals surface area contributed by atoms with Crippen LogP contribution in [0.1, 0.15) is 52.9 Å². The molecule has 0 radical (unpaired) electrons. The summed E-state index contributed by atoms with van der Waals surface area (Å²) >= 11 is 0. The molecule has 0 bridgehead atoms. The lowest BCUT2D eigenvalue weighted by Gasteiger charge is -2.26. The highest BCUT2D eigenvalue weighted by Gasteiger charge is 2.34. The van der Waals surface area contributed by atoms with Gasteiger partial charge in [0.15, 0.2) is 0 Å². The molecule has 0 heterocycles. The first-order valence-corrected chi connectivity index (χ1v) is 7.60. The normalized spacial score (nSPS) is 23.6. The Morgan fingerprint density at radius 1 is 1.15 bits per heavy atom. The SMILES string of the molecule is CC(C)CCCC(C)NC(=O)[C@@H]1CC=CC[C@@H]1C(=O)O. The van der Waals surface area contributed by atoms with Crippen LogP contribution in [0.3, 0.4) is 0 Å². The molecule has 0 aliphatic heterocycles. The summed E-state index contributed by atoms with van der Waals surface area (Å²) in [6, 6.07) is 0.113. The lowest BCUT2D eigenvalue weighted by molar-refractivity contribution is -0.147. The van der Waals surface area contributed by atoms with Crippen molar-refractivity contribution in [3.63, 3.8) is 0 Å². The molecule has 1 rings (SSSR count). The molecule has 3 atom stereocenters. The van der Waals surface area contributed by atoms with Gasteiger partial charge in [-0.05, 0) is 32.1 Å². The fourth-order valence-corrected chi connectivity index (χ4v) is 2.63. The van der Waals surface area contributed by atoms with Crippen LogP contribution in [0.5, 0.6) is 0 Å². The molecule has 114 valence electrons. The molecule has 0 fully saturated rings. The number of carbonyl (C=O) groups is 2. The van der Waals surface area contributed by atoms with E-state index in [2.05, 4.69) is 19.2 Å². The predicted molar refractivity (Wildman–Crippen MR) is 79.3 cm³/mol. The van der Waals surface area contributed by atoms with Crippen LogP contribution in [0.2, 0.25) is 0 Å². The highest BCUT2D eigenvalue weighted by atomic mass is 16.4. The highest BCUT2D eigenvalue weighted by molar-refractivity contribution is 5.85. The van der Waals surface area contributed by atoms with Gasteiger partial charge in [0.1, 0.15) is 0 Å². The summed E-state index contributed by atoms with van der Waals surface area (Å²) in [5.41, 5.74) is 0. The molecule has 1 aliphatic rings. The first-order valence-electron chi connectivity index (χ1n) is 7.60. The fraction of sp³-hybridized carbons (Fsp3) is 0.750. The van der Waals surface area contributed by atoms with Gasteiger partial charge in [0.25, 0.3) is 0 Å². The number of hydrogen-bond donors (Lipinski definition) is 2. The van der Waals surface area contributed by atoms with Crippen LogP contribution in [0.15, 0.2) is 12.2 Å². The quantitative estimate of drug-likeness (QED) is 0.705. The summed E-state index contributed by atoms with van der Waals surface area (Å²) in [6.45, 7) is 6.37. The van der Waals surface area contributed by atoms with Crippen molar-refractivity contribution >= 4 is 11.9 Å². The van der Waals surface area contributed by atoms with Gasteiger partial charge in [-0.15, -0.1) is 0 Å². The van der Waals surface area contributed by atoms with Crippen molar-refractivity contribution in [2.45, 2.75) is 58.9 Å². The average molecular weight is 281 g/mol. The van der Waals surface area contributed by atoms with Crippen LogP contribution in [0.25, 0.3) is 0 Å². The van der Waals surface area contributed by atoms with Crippen molar-refractivity contribution in [1.29, 1.82) is 0 Å². The maximum absolute atomic E-state index is 12.2. The second kappa shape index (κ2) is 8.08. The molecular formula is C16H27NO3.